The standard InChI is InChI=1S/C18H12NO.C14H14N.Ir/c1-12-6-4-10-16-17(12)14-8-5-7-13(18(14)20-16)15-9-2-3-11-19-15;1-11(2)12-6-5-7-13(10-12)14-8-3-4-9-15-14;/h2-6,8-11H,1H3;3-6,8-11H,1-2H3;/q2*-1;. The van der Waals surface area contributed by atoms with E-state index in [0.29, 0.717) is 5.92 Å². The molecule has 0 spiro atoms. The van der Waals surface area contributed by atoms with Gasteiger partial charge in [0.25, 0.3) is 0 Å². The molecular formula is C32H26IrN2O-2. The van der Waals surface area contributed by atoms with Crippen molar-refractivity contribution in [3.05, 3.63) is 121 Å². The number of aromatic nitrogens is 2. The van der Waals surface area contributed by atoms with Gasteiger partial charge in [0.05, 0.1) is 5.58 Å². The third-order valence-electron chi connectivity index (χ3n) is 6.02. The van der Waals surface area contributed by atoms with Crippen molar-refractivity contribution < 1.29 is 24.5 Å². The Morgan fingerprint density at radius 1 is 0.778 bits per heavy atom. The summed E-state index contributed by atoms with van der Waals surface area (Å²) in [4.78, 5) is 8.72. The Balaban J connectivity index is 0.000000172. The Morgan fingerprint density at radius 3 is 2.19 bits per heavy atom. The molecule has 0 N–H and O–H groups in total. The molecule has 3 aromatic heterocycles. The van der Waals surface area contributed by atoms with Crippen molar-refractivity contribution in [2.24, 2.45) is 0 Å². The summed E-state index contributed by atoms with van der Waals surface area (Å²) in [6.07, 6.45) is 3.60. The van der Waals surface area contributed by atoms with Crippen LogP contribution < -0.4 is 0 Å². The SMILES string of the molecule is CC(C)c1cc[c-]c(-c2ccccn2)c1.Cc1cccc2oc3c(-c4ccccn4)[c-]ccc3c12.[Ir]. The summed E-state index contributed by atoms with van der Waals surface area (Å²) in [5.41, 5.74) is 8.18. The van der Waals surface area contributed by atoms with Crippen LogP contribution in [0.3, 0.4) is 0 Å². The van der Waals surface area contributed by atoms with Gasteiger partial charge in [0, 0.05) is 37.9 Å². The van der Waals surface area contributed by atoms with E-state index < -0.39 is 0 Å². The number of hydrogen-bond acceptors (Lipinski definition) is 3. The minimum absolute atomic E-state index is 0. The minimum Gasteiger partial charge on any atom is -0.501 e. The van der Waals surface area contributed by atoms with Crippen LogP contribution in [0.25, 0.3) is 44.5 Å². The van der Waals surface area contributed by atoms with Crippen molar-refractivity contribution in [3.8, 4) is 22.5 Å². The van der Waals surface area contributed by atoms with Gasteiger partial charge in [0.15, 0.2) is 0 Å². The third-order valence-corrected chi connectivity index (χ3v) is 6.02. The van der Waals surface area contributed by atoms with Gasteiger partial charge in [-0.1, -0.05) is 61.2 Å². The number of aryl methyl sites for hydroxylation is 1. The topological polar surface area (TPSA) is 38.9 Å². The van der Waals surface area contributed by atoms with Gasteiger partial charge in [-0.25, -0.2) is 0 Å². The van der Waals surface area contributed by atoms with Crippen molar-refractivity contribution in [3.63, 3.8) is 0 Å². The second-order valence-electron chi connectivity index (χ2n) is 8.77. The first-order valence-electron chi connectivity index (χ1n) is 11.8. The average Bonchev–Trinajstić information content (AvgIpc) is 3.30. The zero-order valence-corrected chi connectivity index (χ0v) is 22.8. The summed E-state index contributed by atoms with van der Waals surface area (Å²) in [6.45, 7) is 6.49. The van der Waals surface area contributed by atoms with E-state index in [1.165, 1.54) is 16.5 Å². The molecule has 3 nitrogen and oxygen atoms in total. The number of pyridine rings is 2. The van der Waals surface area contributed by atoms with Crippen LogP contribution in [0.15, 0.2) is 102 Å². The minimum atomic E-state index is 0. The van der Waals surface area contributed by atoms with Gasteiger partial charge < -0.3 is 14.4 Å². The molecule has 0 atom stereocenters. The van der Waals surface area contributed by atoms with Gasteiger partial charge in [-0.2, -0.15) is 0 Å². The predicted octanol–water partition coefficient (Wildman–Crippen LogP) is 8.43. The number of fused-ring (bicyclic) bond motifs is 3. The number of rotatable bonds is 3. The molecule has 0 unspecified atom stereocenters. The Hall–Kier alpha value is -3.59. The zero-order chi connectivity index (χ0) is 24.2. The van der Waals surface area contributed by atoms with Gasteiger partial charge in [-0.15, -0.1) is 53.6 Å². The maximum absolute atomic E-state index is 6.05. The van der Waals surface area contributed by atoms with E-state index in [9.17, 15) is 0 Å². The van der Waals surface area contributed by atoms with Crippen LogP contribution in [-0.2, 0) is 20.1 Å². The van der Waals surface area contributed by atoms with Crippen LogP contribution in [0.2, 0.25) is 0 Å². The summed E-state index contributed by atoms with van der Waals surface area (Å²) in [7, 11) is 0. The monoisotopic (exact) mass is 647 g/mol. The Bertz CT molecular complexity index is 1570. The molecule has 181 valence electrons. The van der Waals surface area contributed by atoms with Crippen LogP contribution >= 0.6 is 0 Å². The smallest absolute Gasteiger partial charge is 0.121 e. The van der Waals surface area contributed by atoms with Gasteiger partial charge in [-0.05, 0) is 48.0 Å². The molecule has 1 radical (unpaired) electrons. The molecule has 3 heterocycles. The first-order chi connectivity index (χ1) is 17.1. The quantitative estimate of drug-likeness (QED) is 0.181. The molecule has 0 bridgehead atoms. The Kier molecular flexibility index (Phi) is 8.10. The fraction of sp³-hybridized carbons (Fsp3) is 0.125. The van der Waals surface area contributed by atoms with Crippen molar-refractivity contribution in [1.82, 2.24) is 9.97 Å². The molecule has 0 amide bonds. The molecule has 36 heavy (non-hydrogen) atoms. The van der Waals surface area contributed by atoms with E-state index in [-0.39, 0.29) is 20.1 Å². The molecule has 0 saturated carbocycles. The normalized spacial score (nSPS) is 10.7. The molecule has 0 aliphatic carbocycles. The second-order valence-corrected chi connectivity index (χ2v) is 8.77. The molecule has 0 fully saturated rings. The van der Waals surface area contributed by atoms with E-state index in [4.69, 9.17) is 4.42 Å². The van der Waals surface area contributed by atoms with Crippen molar-refractivity contribution >= 4 is 21.9 Å². The molecule has 4 heteroatoms. The van der Waals surface area contributed by atoms with Crippen LogP contribution in [-0.4, -0.2) is 9.97 Å². The second kappa shape index (κ2) is 11.4. The third kappa shape index (κ3) is 5.31. The van der Waals surface area contributed by atoms with Gasteiger partial charge >= 0.3 is 0 Å². The maximum atomic E-state index is 6.05. The van der Waals surface area contributed by atoms with E-state index in [1.807, 2.05) is 66.9 Å². The van der Waals surface area contributed by atoms with Crippen LogP contribution in [0.5, 0.6) is 0 Å². The fourth-order valence-electron chi connectivity index (χ4n) is 4.18. The van der Waals surface area contributed by atoms with E-state index in [0.717, 1.165) is 39.1 Å². The Labute approximate surface area is 225 Å². The molecule has 0 aliphatic heterocycles. The zero-order valence-electron chi connectivity index (χ0n) is 20.5. The summed E-state index contributed by atoms with van der Waals surface area (Å²) in [6, 6.07) is 34.6. The Morgan fingerprint density at radius 2 is 1.50 bits per heavy atom. The number of hydrogen-bond donors (Lipinski definition) is 0. The van der Waals surface area contributed by atoms with Gasteiger partial charge in [0.1, 0.15) is 5.58 Å². The number of nitrogens with zero attached hydrogens (tertiary/aromatic N) is 2. The largest absolute Gasteiger partial charge is 0.501 e. The van der Waals surface area contributed by atoms with Crippen LogP contribution in [0, 0.1) is 19.1 Å². The molecule has 3 aromatic carbocycles. The fourth-order valence-corrected chi connectivity index (χ4v) is 4.18. The van der Waals surface area contributed by atoms with Gasteiger partial charge in [-0.3, -0.25) is 0 Å². The number of furan rings is 1. The first-order valence-corrected chi connectivity index (χ1v) is 11.8. The molecule has 6 aromatic rings. The summed E-state index contributed by atoms with van der Waals surface area (Å²) in [5, 5.41) is 2.30. The van der Waals surface area contributed by atoms with Crippen molar-refractivity contribution in [2.75, 3.05) is 0 Å². The average molecular weight is 647 g/mol. The summed E-state index contributed by atoms with van der Waals surface area (Å²) in [5.74, 6) is 0.544. The van der Waals surface area contributed by atoms with E-state index in [2.05, 4.69) is 67.1 Å². The van der Waals surface area contributed by atoms with E-state index in [1.54, 1.807) is 6.20 Å². The maximum Gasteiger partial charge on any atom is 0.121 e. The van der Waals surface area contributed by atoms with E-state index >= 15 is 0 Å². The van der Waals surface area contributed by atoms with Crippen LogP contribution in [0.1, 0.15) is 30.9 Å². The van der Waals surface area contributed by atoms with Crippen molar-refractivity contribution in [2.45, 2.75) is 26.7 Å². The van der Waals surface area contributed by atoms with Crippen LogP contribution in [0.4, 0.5) is 0 Å². The van der Waals surface area contributed by atoms with Gasteiger partial charge in [0.2, 0.25) is 0 Å². The van der Waals surface area contributed by atoms with Crippen molar-refractivity contribution in [1.29, 1.82) is 0 Å². The molecule has 0 saturated heterocycles. The molecular weight excluding hydrogens is 621 g/mol. The first kappa shape index (κ1) is 25.5. The summed E-state index contributed by atoms with van der Waals surface area (Å²) < 4.78 is 6.05. The number of benzene rings is 3. The predicted molar refractivity (Wildman–Crippen MR) is 143 cm³/mol. The summed E-state index contributed by atoms with van der Waals surface area (Å²) >= 11 is 0. The molecule has 6 rings (SSSR count). The molecule has 0 aliphatic rings.